The number of carbonyl (C=O) groups excluding carboxylic acids is 1. The van der Waals surface area contributed by atoms with Crippen molar-refractivity contribution in [2.45, 2.75) is 52.3 Å². The van der Waals surface area contributed by atoms with Gasteiger partial charge in [-0.2, -0.15) is 5.26 Å². The van der Waals surface area contributed by atoms with Crippen molar-refractivity contribution in [2.75, 3.05) is 13.1 Å². The Morgan fingerprint density at radius 3 is 2.39 bits per heavy atom. The van der Waals surface area contributed by atoms with Gasteiger partial charge in [0.1, 0.15) is 5.60 Å². The van der Waals surface area contributed by atoms with Gasteiger partial charge in [0.2, 0.25) is 0 Å². The molecule has 5 heteroatoms. The number of nitrogens with one attached hydrogen (secondary N) is 1. The van der Waals surface area contributed by atoms with Crippen LogP contribution in [0.15, 0.2) is 0 Å². The van der Waals surface area contributed by atoms with E-state index in [1.807, 2.05) is 34.6 Å². The minimum Gasteiger partial charge on any atom is -0.444 e. The molecule has 1 aliphatic heterocycles. The van der Waals surface area contributed by atoms with Crippen LogP contribution in [0.1, 0.15) is 34.6 Å². The Balaban J connectivity index is 2.32. The Morgan fingerprint density at radius 1 is 1.44 bits per heavy atom. The third-order valence-corrected chi connectivity index (χ3v) is 2.75. The smallest absolute Gasteiger partial charge is 0.410 e. The first kappa shape index (κ1) is 14.8. The van der Waals surface area contributed by atoms with E-state index in [2.05, 4.69) is 11.4 Å². The number of ether oxygens (including phenoxy) is 1. The van der Waals surface area contributed by atoms with E-state index in [4.69, 9.17) is 10.00 Å². The van der Waals surface area contributed by atoms with Gasteiger partial charge in [-0.05, 0) is 26.7 Å². The van der Waals surface area contributed by atoms with Crippen molar-refractivity contribution in [3.63, 3.8) is 0 Å². The molecule has 0 saturated carbocycles. The number of amides is 1. The fraction of sp³-hybridized carbons (Fsp3) is 0.846. The highest BCUT2D eigenvalue weighted by Crippen LogP contribution is 2.16. The SMILES string of the molecule is CC(C)[C@@H](C#N)NC1CN(C(=O)OC(C)(C)C)C1. The normalized spacial score (nSPS) is 18.2. The van der Waals surface area contributed by atoms with Crippen LogP contribution in [0.4, 0.5) is 4.79 Å². The lowest BCUT2D eigenvalue weighted by molar-refractivity contribution is 0.00433. The van der Waals surface area contributed by atoms with E-state index in [1.54, 1.807) is 4.90 Å². The van der Waals surface area contributed by atoms with E-state index >= 15 is 0 Å². The van der Waals surface area contributed by atoms with Crippen LogP contribution >= 0.6 is 0 Å². The van der Waals surface area contributed by atoms with Crippen LogP contribution in [-0.4, -0.2) is 41.8 Å². The van der Waals surface area contributed by atoms with Gasteiger partial charge in [0.25, 0.3) is 0 Å². The van der Waals surface area contributed by atoms with Crippen molar-refractivity contribution in [3.8, 4) is 6.07 Å². The highest BCUT2D eigenvalue weighted by atomic mass is 16.6. The van der Waals surface area contributed by atoms with Crippen molar-refractivity contribution < 1.29 is 9.53 Å². The summed E-state index contributed by atoms with van der Waals surface area (Å²) in [6.45, 7) is 10.8. The Bertz CT molecular complexity index is 335. The molecule has 0 radical (unpaired) electrons. The molecular weight excluding hydrogens is 230 g/mol. The number of nitrogens with zero attached hydrogens (tertiary/aromatic N) is 2. The number of hydrogen-bond acceptors (Lipinski definition) is 4. The van der Waals surface area contributed by atoms with Crippen LogP contribution in [0, 0.1) is 17.2 Å². The molecule has 0 aliphatic carbocycles. The zero-order chi connectivity index (χ0) is 13.9. The molecule has 1 heterocycles. The Labute approximate surface area is 109 Å². The van der Waals surface area contributed by atoms with E-state index < -0.39 is 5.60 Å². The average molecular weight is 253 g/mol. The maximum Gasteiger partial charge on any atom is 0.410 e. The van der Waals surface area contributed by atoms with Crippen LogP contribution < -0.4 is 5.32 Å². The molecule has 1 rings (SSSR count). The molecule has 0 bridgehead atoms. The van der Waals surface area contributed by atoms with Gasteiger partial charge in [-0.3, -0.25) is 5.32 Å². The maximum atomic E-state index is 11.7. The van der Waals surface area contributed by atoms with Crippen LogP contribution in [0.2, 0.25) is 0 Å². The maximum absolute atomic E-state index is 11.7. The topological polar surface area (TPSA) is 65.4 Å². The average Bonchev–Trinajstić information content (AvgIpc) is 2.12. The molecule has 0 spiro atoms. The standard InChI is InChI=1S/C13H23N3O2/c1-9(2)11(6-14)15-10-7-16(8-10)12(17)18-13(3,4)5/h9-11,15H,7-8H2,1-5H3/t11-/m1/s1. The minimum atomic E-state index is -0.456. The molecule has 0 unspecified atom stereocenters. The molecule has 0 aromatic carbocycles. The van der Waals surface area contributed by atoms with Crippen LogP contribution in [0.3, 0.4) is 0 Å². The number of nitriles is 1. The van der Waals surface area contributed by atoms with E-state index in [-0.39, 0.29) is 24.1 Å². The molecule has 1 N–H and O–H groups in total. The second-order valence-electron chi connectivity index (χ2n) is 6.10. The van der Waals surface area contributed by atoms with Crippen molar-refractivity contribution in [1.82, 2.24) is 10.2 Å². The van der Waals surface area contributed by atoms with Crippen LogP contribution in [-0.2, 0) is 4.74 Å². The van der Waals surface area contributed by atoms with Crippen LogP contribution in [0.25, 0.3) is 0 Å². The molecule has 1 saturated heterocycles. The highest BCUT2D eigenvalue weighted by molar-refractivity contribution is 5.69. The van der Waals surface area contributed by atoms with E-state index in [1.165, 1.54) is 0 Å². The monoisotopic (exact) mass is 253 g/mol. The van der Waals surface area contributed by atoms with Gasteiger partial charge in [-0.15, -0.1) is 0 Å². The molecular formula is C13H23N3O2. The summed E-state index contributed by atoms with van der Waals surface area (Å²) in [4.78, 5) is 13.3. The molecule has 1 atom stereocenters. The van der Waals surface area contributed by atoms with Crippen LogP contribution in [0.5, 0.6) is 0 Å². The first-order valence-corrected chi connectivity index (χ1v) is 6.36. The zero-order valence-electron chi connectivity index (χ0n) is 11.9. The molecule has 0 aromatic rings. The predicted octanol–water partition coefficient (Wildman–Crippen LogP) is 1.74. The molecule has 5 nitrogen and oxygen atoms in total. The third-order valence-electron chi connectivity index (χ3n) is 2.75. The summed E-state index contributed by atoms with van der Waals surface area (Å²) in [6.07, 6.45) is -0.279. The summed E-state index contributed by atoms with van der Waals surface area (Å²) in [5, 5.41) is 12.2. The van der Waals surface area contributed by atoms with Gasteiger partial charge in [-0.25, -0.2) is 4.79 Å². The number of carbonyl (C=O) groups is 1. The molecule has 102 valence electrons. The van der Waals surface area contributed by atoms with Gasteiger partial charge < -0.3 is 9.64 Å². The second-order valence-corrected chi connectivity index (χ2v) is 6.10. The number of hydrogen-bond donors (Lipinski definition) is 1. The van der Waals surface area contributed by atoms with Gasteiger partial charge in [0, 0.05) is 19.1 Å². The summed E-state index contributed by atoms with van der Waals surface area (Å²) >= 11 is 0. The van der Waals surface area contributed by atoms with Gasteiger partial charge in [-0.1, -0.05) is 13.8 Å². The van der Waals surface area contributed by atoms with Crippen molar-refractivity contribution in [2.24, 2.45) is 5.92 Å². The van der Waals surface area contributed by atoms with Crippen molar-refractivity contribution in [1.29, 1.82) is 5.26 Å². The van der Waals surface area contributed by atoms with Gasteiger partial charge in [0.15, 0.2) is 0 Å². The van der Waals surface area contributed by atoms with Gasteiger partial charge in [0.05, 0.1) is 12.1 Å². The lowest BCUT2D eigenvalue weighted by Gasteiger charge is -2.41. The largest absolute Gasteiger partial charge is 0.444 e. The quantitative estimate of drug-likeness (QED) is 0.832. The van der Waals surface area contributed by atoms with Crippen molar-refractivity contribution in [3.05, 3.63) is 0 Å². The van der Waals surface area contributed by atoms with Gasteiger partial charge >= 0.3 is 6.09 Å². The number of likely N-dealkylation sites (tertiary alicyclic amines) is 1. The molecule has 18 heavy (non-hydrogen) atoms. The summed E-state index contributed by atoms with van der Waals surface area (Å²) in [6, 6.07) is 2.28. The predicted molar refractivity (Wildman–Crippen MR) is 69.0 cm³/mol. The zero-order valence-corrected chi connectivity index (χ0v) is 11.9. The second kappa shape index (κ2) is 5.57. The minimum absolute atomic E-state index is 0.157. The fourth-order valence-electron chi connectivity index (χ4n) is 1.69. The first-order valence-electron chi connectivity index (χ1n) is 6.36. The highest BCUT2D eigenvalue weighted by Gasteiger charge is 2.34. The van der Waals surface area contributed by atoms with E-state index in [0.29, 0.717) is 13.1 Å². The third kappa shape index (κ3) is 4.19. The Kier molecular flexibility index (Phi) is 4.58. The fourth-order valence-corrected chi connectivity index (χ4v) is 1.69. The van der Waals surface area contributed by atoms with E-state index in [9.17, 15) is 4.79 Å². The first-order chi connectivity index (χ1) is 8.23. The molecule has 0 aromatic heterocycles. The molecule has 1 fully saturated rings. The van der Waals surface area contributed by atoms with Crippen molar-refractivity contribution >= 4 is 6.09 Å². The lowest BCUT2D eigenvalue weighted by atomic mass is 10.0. The summed E-state index contributed by atoms with van der Waals surface area (Å²) in [5.41, 5.74) is -0.456. The molecule has 1 aliphatic rings. The molecule has 1 amide bonds. The Morgan fingerprint density at radius 2 is 2.00 bits per heavy atom. The summed E-state index contributed by atoms with van der Waals surface area (Å²) < 4.78 is 5.26. The van der Waals surface area contributed by atoms with E-state index in [0.717, 1.165) is 0 Å². The Hall–Kier alpha value is -1.28. The number of rotatable bonds is 3. The lowest BCUT2D eigenvalue weighted by Crippen LogP contribution is -2.62. The summed E-state index contributed by atoms with van der Waals surface area (Å²) in [5.74, 6) is 0.269. The summed E-state index contributed by atoms with van der Waals surface area (Å²) in [7, 11) is 0.